The van der Waals surface area contributed by atoms with E-state index in [4.69, 9.17) is 4.74 Å². The number of ether oxygens (including phenoxy) is 1. The monoisotopic (exact) mass is 362 g/mol. The van der Waals surface area contributed by atoms with Crippen LogP contribution >= 0.6 is 0 Å². The van der Waals surface area contributed by atoms with Crippen LogP contribution < -0.4 is 4.90 Å². The fourth-order valence-electron chi connectivity index (χ4n) is 3.57. The van der Waals surface area contributed by atoms with Crippen LogP contribution in [0.1, 0.15) is 28.7 Å². The lowest BCUT2D eigenvalue weighted by atomic mass is 10.2. The van der Waals surface area contributed by atoms with Crippen molar-refractivity contribution in [3.8, 4) is 0 Å². The van der Waals surface area contributed by atoms with Gasteiger partial charge >= 0.3 is 5.97 Å². The number of hydrogen-bond acceptors (Lipinski definition) is 5. The van der Waals surface area contributed by atoms with Gasteiger partial charge in [0, 0.05) is 25.0 Å². The average molecular weight is 362 g/mol. The van der Waals surface area contributed by atoms with E-state index in [-0.39, 0.29) is 5.69 Å². The zero-order valence-electron chi connectivity index (χ0n) is 14.7. The molecule has 138 valence electrons. The van der Waals surface area contributed by atoms with E-state index >= 15 is 0 Å². The zero-order valence-corrected chi connectivity index (χ0v) is 14.7. The van der Waals surface area contributed by atoms with E-state index < -0.39 is 23.7 Å². The lowest BCUT2D eigenvalue weighted by molar-refractivity contribution is 0.0520. The third kappa shape index (κ3) is 2.83. The van der Waals surface area contributed by atoms with Crippen molar-refractivity contribution in [2.24, 2.45) is 11.8 Å². The molecule has 0 spiro atoms. The van der Waals surface area contributed by atoms with Gasteiger partial charge in [-0.3, -0.25) is 0 Å². The van der Waals surface area contributed by atoms with Crippen LogP contribution in [0.15, 0.2) is 24.7 Å². The van der Waals surface area contributed by atoms with E-state index in [1.807, 2.05) is 24.0 Å². The summed E-state index contributed by atoms with van der Waals surface area (Å²) in [6.07, 6.45) is 3.22. The Morgan fingerprint density at radius 3 is 2.73 bits per heavy atom. The van der Waals surface area contributed by atoms with Crippen molar-refractivity contribution in [3.63, 3.8) is 0 Å². The number of rotatable bonds is 5. The molecular formula is C18H20F2N4O2. The van der Waals surface area contributed by atoms with Crippen molar-refractivity contribution in [1.82, 2.24) is 14.5 Å². The topological polar surface area (TPSA) is 60.2 Å². The van der Waals surface area contributed by atoms with Gasteiger partial charge in [-0.05, 0) is 25.5 Å². The molecule has 2 atom stereocenters. The fraction of sp³-hybridized carbons (Fsp3) is 0.500. The fourth-order valence-corrected chi connectivity index (χ4v) is 3.57. The number of fused-ring (bicyclic) bond motifs is 1. The predicted octanol–water partition coefficient (Wildman–Crippen LogP) is 2.51. The molecule has 8 heteroatoms. The van der Waals surface area contributed by atoms with Gasteiger partial charge in [0.15, 0.2) is 5.69 Å². The molecule has 3 heterocycles. The van der Waals surface area contributed by atoms with Crippen molar-refractivity contribution in [2.45, 2.75) is 26.3 Å². The average Bonchev–Trinajstić information content (AvgIpc) is 3.05. The highest BCUT2D eigenvalue weighted by atomic mass is 19.3. The van der Waals surface area contributed by atoms with E-state index in [0.717, 1.165) is 17.1 Å². The summed E-state index contributed by atoms with van der Waals surface area (Å²) < 4.78 is 33.4. The molecule has 6 nitrogen and oxygen atoms in total. The number of halogens is 2. The molecule has 2 aliphatic rings. The van der Waals surface area contributed by atoms with Gasteiger partial charge in [0.25, 0.3) is 5.92 Å². The van der Waals surface area contributed by atoms with Crippen LogP contribution in [-0.4, -0.2) is 46.1 Å². The van der Waals surface area contributed by atoms with Gasteiger partial charge in [-0.2, -0.15) is 0 Å². The Hall–Kier alpha value is -2.51. The Morgan fingerprint density at radius 1 is 1.35 bits per heavy atom. The maximum absolute atomic E-state index is 13.3. The van der Waals surface area contributed by atoms with Crippen molar-refractivity contribution in [1.29, 1.82) is 0 Å². The number of pyridine rings is 1. The molecule has 0 aromatic carbocycles. The molecule has 2 unspecified atom stereocenters. The third-order valence-corrected chi connectivity index (χ3v) is 5.17. The van der Waals surface area contributed by atoms with E-state index in [2.05, 4.69) is 9.97 Å². The normalized spacial score (nSPS) is 23.0. The van der Waals surface area contributed by atoms with E-state index in [9.17, 15) is 13.6 Å². The number of aryl methyl sites for hydroxylation is 1. The summed E-state index contributed by atoms with van der Waals surface area (Å²) in [5.41, 5.74) is 2.09. The standard InChI is InChI=1S/C18H20F2N4O2/c1-3-26-17(25)15-9-23(10-21-15)6-12-4-5-16(22-11(12)2)24-7-13-14(8-24)18(13,19)20/h4-5,9-10,13-14H,3,6-8H2,1-2H3. The van der Waals surface area contributed by atoms with Gasteiger partial charge in [0.1, 0.15) is 5.82 Å². The lowest BCUT2D eigenvalue weighted by Gasteiger charge is -2.21. The number of imidazole rings is 1. The van der Waals surface area contributed by atoms with Crippen LogP contribution in [0.5, 0.6) is 0 Å². The van der Waals surface area contributed by atoms with Crippen LogP contribution in [0, 0.1) is 18.8 Å². The second-order valence-corrected chi connectivity index (χ2v) is 6.86. The summed E-state index contributed by atoms with van der Waals surface area (Å²) in [6.45, 7) is 5.21. The first-order chi connectivity index (χ1) is 12.4. The quantitative estimate of drug-likeness (QED) is 0.765. The molecule has 1 aliphatic carbocycles. The summed E-state index contributed by atoms with van der Waals surface area (Å²) in [5.74, 6) is -3.22. The number of esters is 1. The molecule has 2 fully saturated rings. The Bertz CT molecular complexity index is 837. The summed E-state index contributed by atoms with van der Waals surface area (Å²) in [4.78, 5) is 22.2. The Balaban J connectivity index is 1.43. The molecule has 2 aromatic rings. The van der Waals surface area contributed by atoms with E-state index in [1.54, 1.807) is 24.0 Å². The molecule has 1 saturated heterocycles. The van der Waals surface area contributed by atoms with Gasteiger partial charge in [0.05, 0.1) is 31.3 Å². The highest BCUT2D eigenvalue weighted by Crippen LogP contribution is 2.59. The van der Waals surface area contributed by atoms with Gasteiger partial charge in [-0.15, -0.1) is 0 Å². The summed E-state index contributed by atoms with van der Waals surface area (Å²) in [7, 11) is 0. The SMILES string of the molecule is CCOC(=O)c1cn(Cc2ccc(N3CC4C(C3)C4(F)F)nc2C)cn1. The molecule has 4 rings (SSSR count). The molecule has 1 aliphatic heterocycles. The van der Waals surface area contributed by atoms with Crippen LogP contribution in [-0.2, 0) is 11.3 Å². The van der Waals surface area contributed by atoms with Gasteiger partial charge in [0.2, 0.25) is 0 Å². The lowest BCUT2D eigenvalue weighted by Crippen LogP contribution is -2.28. The number of hydrogen-bond donors (Lipinski definition) is 0. The number of carbonyl (C=O) groups excluding carboxylic acids is 1. The maximum Gasteiger partial charge on any atom is 0.358 e. The van der Waals surface area contributed by atoms with Gasteiger partial charge < -0.3 is 14.2 Å². The minimum absolute atomic E-state index is 0.270. The molecule has 0 radical (unpaired) electrons. The highest BCUT2D eigenvalue weighted by Gasteiger charge is 2.71. The van der Waals surface area contributed by atoms with Crippen LogP contribution in [0.25, 0.3) is 0 Å². The van der Waals surface area contributed by atoms with Gasteiger partial charge in [-0.25, -0.2) is 23.5 Å². The molecule has 0 N–H and O–H groups in total. The molecule has 0 amide bonds. The smallest absolute Gasteiger partial charge is 0.358 e. The summed E-state index contributed by atoms with van der Waals surface area (Å²) in [5, 5.41) is 0. The predicted molar refractivity (Wildman–Crippen MR) is 90.4 cm³/mol. The Labute approximate surface area is 149 Å². The number of nitrogens with zero attached hydrogens (tertiary/aromatic N) is 4. The Morgan fingerprint density at radius 2 is 2.08 bits per heavy atom. The number of carbonyl (C=O) groups is 1. The largest absolute Gasteiger partial charge is 0.461 e. The molecular weight excluding hydrogens is 342 g/mol. The van der Waals surface area contributed by atoms with Crippen molar-refractivity contribution < 1.29 is 18.3 Å². The van der Waals surface area contributed by atoms with Crippen LogP contribution in [0.4, 0.5) is 14.6 Å². The van der Waals surface area contributed by atoms with E-state index in [0.29, 0.717) is 26.2 Å². The third-order valence-electron chi connectivity index (χ3n) is 5.17. The number of anilines is 1. The molecule has 26 heavy (non-hydrogen) atoms. The van der Waals surface area contributed by atoms with Crippen molar-refractivity contribution >= 4 is 11.8 Å². The number of aromatic nitrogens is 3. The first-order valence-electron chi connectivity index (χ1n) is 8.68. The number of alkyl halides is 2. The Kier molecular flexibility index (Phi) is 3.93. The van der Waals surface area contributed by atoms with Gasteiger partial charge in [-0.1, -0.05) is 6.07 Å². The first kappa shape index (κ1) is 16.9. The highest BCUT2D eigenvalue weighted by molar-refractivity contribution is 5.86. The van der Waals surface area contributed by atoms with Crippen LogP contribution in [0.3, 0.4) is 0 Å². The molecule has 0 bridgehead atoms. The minimum Gasteiger partial charge on any atom is -0.461 e. The van der Waals surface area contributed by atoms with Crippen molar-refractivity contribution in [2.75, 3.05) is 24.6 Å². The summed E-state index contributed by atoms with van der Waals surface area (Å²) >= 11 is 0. The molecule has 2 aromatic heterocycles. The second-order valence-electron chi connectivity index (χ2n) is 6.86. The van der Waals surface area contributed by atoms with Crippen molar-refractivity contribution in [3.05, 3.63) is 41.6 Å². The minimum atomic E-state index is -2.48. The second kappa shape index (κ2) is 6.03. The summed E-state index contributed by atoms with van der Waals surface area (Å²) in [6, 6.07) is 3.82. The van der Waals surface area contributed by atoms with Crippen LogP contribution in [0.2, 0.25) is 0 Å². The first-order valence-corrected chi connectivity index (χ1v) is 8.68. The zero-order chi connectivity index (χ0) is 18.5. The maximum atomic E-state index is 13.3. The number of piperidine rings is 1. The molecule has 1 saturated carbocycles. The van der Waals surface area contributed by atoms with E-state index in [1.165, 1.54) is 0 Å².